The second-order valence-electron chi connectivity index (χ2n) is 3.54. The van der Waals surface area contributed by atoms with Gasteiger partial charge in [-0.25, -0.2) is 8.78 Å². The van der Waals surface area contributed by atoms with Gasteiger partial charge in [0.1, 0.15) is 0 Å². The van der Waals surface area contributed by atoms with Crippen LogP contribution in [0.5, 0.6) is 0 Å². The summed E-state index contributed by atoms with van der Waals surface area (Å²) >= 11 is 0. The van der Waals surface area contributed by atoms with Gasteiger partial charge in [0.25, 0.3) is 6.43 Å². The molecular weight excluding hydrogens is 224 g/mol. The lowest BCUT2D eigenvalue weighted by atomic mass is 10.1. The Morgan fingerprint density at radius 1 is 1.40 bits per heavy atom. The zero-order valence-electron chi connectivity index (χ0n) is 8.20. The van der Waals surface area contributed by atoms with E-state index in [2.05, 4.69) is 10.4 Å². The van der Waals surface area contributed by atoms with Gasteiger partial charge in [-0.3, -0.25) is 4.68 Å². The predicted molar refractivity (Wildman–Crippen MR) is 55.6 cm³/mol. The average Bonchev–Trinajstić information content (AvgIpc) is 2.68. The van der Waals surface area contributed by atoms with E-state index in [0.717, 1.165) is 25.9 Å². The minimum atomic E-state index is -2.41. The highest BCUT2D eigenvalue weighted by atomic mass is 35.5. The molecule has 86 valence electrons. The van der Waals surface area contributed by atoms with Crippen LogP contribution in [0, 0.1) is 0 Å². The van der Waals surface area contributed by atoms with Crippen LogP contribution in [0.1, 0.15) is 30.9 Å². The lowest BCUT2D eigenvalue weighted by Crippen LogP contribution is -2.29. The lowest BCUT2D eigenvalue weighted by Gasteiger charge is -2.22. The summed E-state index contributed by atoms with van der Waals surface area (Å²) in [6, 6.07) is 0.281. The SMILES string of the molecule is Cl.FC(F)c1cnn(C2CCNCC2)c1. The second kappa shape index (κ2) is 5.42. The van der Waals surface area contributed by atoms with Gasteiger partial charge in [-0.05, 0) is 25.9 Å². The molecular formula is C9H14ClF2N3. The molecule has 1 N–H and O–H groups in total. The molecule has 3 nitrogen and oxygen atoms in total. The van der Waals surface area contributed by atoms with E-state index < -0.39 is 6.43 Å². The van der Waals surface area contributed by atoms with Crippen LogP contribution in [0.2, 0.25) is 0 Å². The van der Waals surface area contributed by atoms with Crippen molar-refractivity contribution in [3.8, 4) is 0 Å². The summed E-state index contributed by atoms with van der Waals surface area (Å²) in [4.78, 5) is 0. The molecule has 0 radical (unpaired) electrons. The van der Waals surface area contributed by atoms with Crippen LogP contribution in [0.4, 0.5) is 8.78 Å². The molecule has 0 atom stereocenters. The maximum absolute atomic E-state index is 12.3. The smallest absolute Gasteiger partial charge is 0.266 e. The summed E-state index contributed by atoms with van der Waals surface area (Å²) in [7, 11) is 0. The Labute approximate surface area is 93.3 Å². The fraction of sp³-hybridized carbons (Fsp3) is 0.667. The van der Waals surface area contributed by atoms with E-state index in [0.29, 0.717) is 0 Å². The van der Waals surface area contributed by atoms with E-state index in [4.69, 9.17) is 0 Å². The standard InChI is InChI=1S/C9H13F2N3.ClH/c10-9(11)7-5-13-14(6-7)8-1-3-12-4-2-8;/h5-6,8-9,12H,1-4H2;1H. The second-order valence-corrected chi connectivity index (χ2v) is 3.54. The molecule has 0 amide bonds. The zero-order valence-corrected chi connectivity index (χ0v) is 9.01. The third-order valence-corrected chi connectivity index (χ3v) is 2.56. The van der Waals surface area contributed by atoms with Crippen molar-refractivity contribution in [2.45, 2.75) is 25.3 Å². The molecule has 1 fully saturated rings. The highest BCUT2D eigenvalue weighted by Crippen LogP contribution is 2.22. The van der Waals surface area contributed by atoms with Gasteiger partial charge < -0.3 is 5.32 Å². The van der Waals surface area contributed by atoms with E-state index in [-0.39, 0.29) is 24.0 Å². The Bertz CT molecular complexity index is 297. The Morgan fingerprint density at radius 2 is 2.07 bits per heavy atom. The van der Waals surface area contributed by atoms with Crippen molar-refractivity contribution in [1.82, 2.24) is 15.1 Å². The van der Waals surface area contributed by atoms with E-state index >= 15 is 0 Å². The van der Waals surface area contributed by atoms with Gasteiger partial charge in [0.2, 0.25) is 0 Å². The number of hydrogen-bond acceptors (Lipinski definition) is 2. The van der Waals surface area contributed by atoms with Crippen LogP contribution < -0.4 is 5.32 Å². The van der Waals surface area contributed by atoms with Crippen molar-refractivity contribution in [3.05, 3.63) is 18.0 Å². The van der Waals surface area contributed by atoms with Crippen LogP contribution >= 0.6 is 12.4 Å². The van der Waals surface area contributed by atoms with Crippen molar-refractivity contribution >= 4 is 12.4 Å². The topological polar surface area (TPSA) is 29.9 Å². The van der Waals surface area contributed by atoms with Gasteiger partial charge in [-0.1, -0.05) is 0 Å². The normalized spacial score (nSPS) is 17.8. The van der Waals surface area contributed by atoms with Gasteiger partial charge in [-0.2, -0.15) is 5.10 Å². The molecule has 0 spiro atoms. The molecule has 0 aromatic carbocycles. The maximum atomic E-state index is 12.3. The van der Waals surface area contributed by atoms with Crippen molar-refractivity contribution < 1.29 is 8.78 Å². The first-order valence-corrected chi connectivity index (χ1v) is 4.80. The maximum Gasteiger partial charge on any atom is 0.266 e. The number of halogens is 3. The number of hydrogen-bond donors (Lipinski definition) is 1. The number of nitrogens with zero attached hydrogens (tertiary/aromatic N) is 2. The average molecular weight is 238 g/mol. The molecule has 0 saturated carbocycles. The summed E-state index contributed by atoms with van der Waals surface area (Å²) in [6.07, 6.45) is 2.23. The lowest BCUT2D eigenvalue weighted by molar-refractivity contribution is 0.151. The monoisotopic (exact) mass is 237 g/mol. The van der Waals surface area contributed by atoms with Crippen molar-refractivity contribution in [3.63, 3.8) is 0 Å². The zero-order chi connectivity index (χ0) is 9.97. The van der Waals surface area contributed by atoms with Gasteiger partial charge in [0, 0.05) is 6.20 Å². The Kier molecular flexibility index (Phi) is 4.47. The van der Waals surface area contributed by atoms with Gasteiger partial charge in [0.05, 0.1) is 17.8 Å². The number of nitrogens with one attached hydrogen (secondary N) is 1. The molecule has 1 aromatic rings. The minimum Gasteiger partial charge on any atom is -0.317 e. The quantitative estimate of drug-likeness (QED) is 0.855. The van der Waals surface area contributed by atoms with E-state index in [1.165, 1.54) is 12.4 Å². The van der Waals surface area contributed by atoms with E-state index in [9.17, 15) is 8.78 Å². The van der Waals surface area contributed by atoms with Crippen LogP contribution in [0.25, 0.3) is 0 Å². The first kappa shape index (κ1) is 12.4. The molecule has 1 aromatic heterocycles. The Balaban J connectivity index is 0.00000112. The molecule has 1 aliphatic rings. The fourth-order valence-electron chi connectivity index (χ4n) is 1.74. The Morgan fingerprint density at radius 3 is 2.60 bits per heavy atom. The molecule has 2 heterocycles. The molecule has 0 aliphatic carbocycles. The molecule has 1 saturated heterocycles. The number of piperidine rings is 1. The van der Waals surface area contributed by atoms with Crippen LogP contribution in [-0.2, 0) is 0 Å². The molecule has 6 heteroatoms. The minimum absolute atomic E-state index is 0. The molecule has 2 rings (SSSR count). The van der Waals surface area contributed by atoms with Crippen LogP contribution in [0.15, 0.2) is 12.4 Å². The summed E-state index contributed by atoms with van der Waals surface area (Å²) in [6.45, 7) is 1.88. The highest BCUT2D eigenvalue weighted by molar-refractivity contribution is 5.85. The summed E-state index contributed by atoms with van der Waals surface area (Å²) < 4.78 is 26.2. The molecule has 0 bridgehead atoms. The van der Waals surface area contributed by atoms with Crippen LogP contribution in [-0.4, -0.2) is 22.9 Å². The summed E-state index contributed by atoms with van der Waals surface area (Å²) in [5, 5.41) is 7.19. The third-order valence-electron chi connectivity index (χ3n) is 2.56. The molecule has 15 heavy (non-hydrogen) atoms. The first-order chi connectivity index (χ1) is 6.77. The Hall–Kier alpha value is -0.680. The first-order valence-electron chi connectivity index (χ1n) is 4.80. The van der Waals surface area contributed by atoms with Crippen LogP contribution in [0.3, 0.4) is 0 Å². The summed E-state index contributed by atoms with van der Waals surface area (Å²) in [5.41, 5.74) is 0.0172. The van der Waals surface area contributed by atoms with Crippen molar-refractivity contribution in [2.75, 3.05) is 13.1 Å². The number of aromatic nitrogens is 2. The van der Waals surface area contributed by atoms with Crippen molar-refractivity contribution in [1.29, 1.82) is 0 Å². The molecule has 1 aliphatic heterocycles. The molecule has 0 unspecified atom stereocenters. The summed E-state index contributed by atoms with van der Waals surface area (Å²) in [5.74, 6) is 0. The number of alkyl halides is 2. The predicted octanol–water partition coefficient (Wildman–Crippen LogP) is 2.17. The number of rotatable bonds is 2. The van der Waals surface area contributed by atoms with Gasteiger partial charge in [0.15, 0.2) is 0 Å². The largest absolute Gasteiger partial charge is 0.317 e. The third kappa shape index (κ3) is 2.89. The van der Waals surface area contributed by atoms with Gasteiger partial charge >= 0.3 is 0 Å². The van der Waals surface area contributed by atoms with Crippen molar-refractivity contribution in [2.24, 2.45) is 0 Å². The fourth-order valence-corrected chi connectivity index (χ4v) is 1.74. The van der Waals surface area contributed by atoms with Gasteiger partial charge in [-0.15, -0.1) is 12.4 Å². The van der Waals surface area contributed by atoms with E-state index in [1.807, 2.05) is 0 Å². The highest BCUT2D eigenvalue weighted by Gasteiger charge is 2.17. The van der Waals surface area contributed by atoms with E-state index in [1.54, 1.807) is 4.68 Å².